The molecule has 1 saturated carbocycles. The minimum atomic E-state index is 0.505. The second-order valence-electron chi connectivity index (χ2n) is 4.15. The van der Waals surface area contributed by atoms with Crippen molar-refractivity contribution in [2.75, 3.05) is 13.2 Å². The van der Waals surface area contributed by atoms with Gasteiger partial charge in [-0.2, -0.15) is 9.36 Å². The highest BCUT2D eigenvalue weighted by Crippen LogP contribution is 2.39. The molecule has 0 unspecified atom stereocenters. The predicted octanol–water partition coefficient (Wildman–Crippen LogP) is 1.79. The molecule has 1 aromatic heterocycles. The quantitative estimate of drug-likeness (QED) is 0.753. The van der Waals surface area contributed by atoms with Crippen LogP contribution < -0.4 is 10.1 Å². The molecule has 0 aliphatic heterocycles. The Labute approximate surface area is 94.2 Å². The van der Waals surface area contributed by atoms with Crippen molar-refractivity contribution >= 4 is 11.5 Å². The van der Waals surface area contributed by atoms with E-state index in [4.69, 9.17) is 4.74 Å². The topological polar surface area (TPSA) is 47.0 Å². The molecule has 15 heavy (non-hydrogen) atoms. The Kier molecular flexibility index (Phi) is 3.53. The minimum absolute atomic E-state index is 0.505. The van der Waals surface area contributed by atoms with E-state index in [-0.39, 0.29) is 0 Å². The van der Waals surface area contributed by atoms with Gasteiger partial charge in [0, 0.05) is 30.0 Å². The lowest BCUT2D eigenvalue weighted by molar-refractivity contribution is 0.307. The molecule has 0 saturated heterocycles. The highest BCUT2D eigenvalue weighted by Gasteiger charge is 2.28. The van der Waals surface area contributed by atoms with Gasteiger partial charge in [-0.05, 0) is 12.8 Å². The summed E-state index contributed by atoms with van der Waals surface area (Å²) in [7, 11) is 0. The van der Waals surface area contributed by atoms with Gasteiger partial charge in [-0.25, -0.2) is 0 Å². The molecular weight excluding hydrogens is 210 g/mol. The molecule has 84 valence electrons. The number of hydrogen-bond donors (Lipinski definition) is 1. The molecule has 1 N–H and O–H groups in total. The van der Waals surface area contributed by atoms with E-state index in [0.29, 0.717) is 23.8 Å². The zero-order chi connectivity index (χ0) is 10.7. The van der Waals surface area contributed by atoms with Crippen LogP contribution in [0.4, 0.5) is 0 Å². The Bertz CT molecular complexity index is 309. The van der Waals surface area contributed by atoms with E-state index in [1.807, 2.05) is 0 Å². The van der Waals surface area contributed by atoms with Gasteiger partial charge in [-0.1, -0.05) is 13.8 Å². The standard InChI is InChI=1S/C10H17N3OS/c1-7(2)11-5-6-14-10-12-9(13-15-10)8-3-4-8/h7-8,11H,3-6H2,1-2H3. The lowest BCUT2D eigenvalue weighted by Crippen LogP contribution is -2.27. The fourth-order valence-corrected chi connectivity index (χ4v) is 1.90. The lowest BCUT2D eigenvalue weighted by Gasteiger charge is -2.07. The van der Waals surface area contributed by atoms with Gasteiger partial charge in [-0.15, -0.1) is 0 Å². The first-order chi connectivity index (χ1) is 7.25. The molecule has 0 aromatic carbocycles. The molecule has 1 fully saturated rings. The number of rotatable bonds is 6. The third-order valence-corrected chi connectivity index (χ3v) is 2.89. The molecule has 5 heteroatoms. The summed E-state index contributed by atoms with van der Waals surface area (Å²) >= 11 is 1.37. The smallest absolute Gasteiger partial charge is 0.293 e. The SMILES string of the molecule is CC(C)NCCOc1nc(C2CC2)ns1. The number of nitrogens with one attached hydrogen (secondary N) is 1. The average molecular weight is 227 g/mol. The van der Waals surface area contributed by atoms with Gasteiger partial charge in [0.15, 0.2) is 0 Å². The second-order valence-corrected chi connectivity index (χ2v) is 4.86. The van der Waals surface area contributed by atoms with Gasteiger partial charge >= 0.3 is 0 Å². The largest absolute Gasteiger partial charge is 0.468 e. The maximum atomic E-state index is 5.50. The molecule has 0 atom stereocenters. The Morgan fingerprint density at radius 3 is 3.00 bits per heavy atom. The molecule has 1 aliphatic carbocycles. The van der Waals surface area contributed by atoms with Crippen LogP contribution in [0, 0.1) is 0 Å². The fourth-order valence-electron chi connectivity index (χ4n) is 1.27. The Morgan fingerprint density at radius 2 is 2.33 bits per heavy atom. The van der Waals surface area contributed by atoms with Crippen molar-refractivity contribution in [2.24, 2.45) is 0 Å². The zero-order valence-electron chi connectivity index (χ0n) is 9.19. The van der Waals surface area contributed by atoms with E-state index < -0.39 is 0 Å². The molecular formula is C10H17N3OS. The van der Waals surface area contributed by atoms with Crippen molar-refractivity contribution in [1.29, 1.82) is 0 Å². The van der Waals surface area contributed by atoms with Crippen LogP contribution in [0.1, 0.15) is 38.4 Å². The summed E-state index contributed by atoms with van der Waals surface area (Å²) < 4.78 is 9.77. The Morgan fingerprint density at radius 1 is 1.53 bits per heavy atom. The van der Waals surface area contributed by atoms with E-state index in [1.54, 1.807) is 0 Å². The molecule has 0 spiro atoms. The average Bonchev–Trinajstić information content (AvgIpc) is 2.94. The summed E-state index contributed by atoms with van der Waals surface area (Å²) in [5.74, 6) is 1.60. The first-order valence-electron chi connectivity index (χ1n) is 5.45. The highest BCUT2D eigenvalue weighted by atomic mass is 32.1. The Hall–Kier alpha value is -0.680. The molecule has 1 aromatic rings. The van der Waals surface area contributed by atoms with Gasteiger partial charge in [-0.3, -0.25) is 0 Å². The Balaban J connectivity index is 1.69. The maximum absolute atomic E-state index is 5.50. The first-order valence-corrected chi connectivity index (χ1v) is 6.23. The minimum Gasteiger partial charge on any atom is -0.468 e. The third-order valence-electron chi connectivity index (χ3n) is 2.25. The summed E-state index contributed by atoms with van der Waals surface area (Å²) in [6, 6.07) is 0.505. The monoisotopic (exact) mass is 227 g/mol. The van der Waals surface area contributed by atoms with Crippen LogP contribution in [0.15, 0.2) is 0 Å². The van der Waals surface area contributed by atoms with E-state index in [2.05, 4.69) is 28.5 Å². The van der Waals surface area contributed by atoms with Crippen molar-refractivity contribution in [2.45, 2.75) is 38.6 Å². The van der Waals surface area contributed by atoms with Gasteiger partial charge < -0.3 is 10.1 Å². The van der Waals surface area contributed by atoms with Crippen LogP contribution in [-0.2, 0) is 0 Å². The number of aromatic nitrogens is 2. The van der Waals surface area contributed by atoms with E-state index in [1.165, 1.54) is 24.4 Å². The van der Waals surface area contributed by atoms with Crippen molar-refractivity contribution in [3.05, 3.63) is 5.82 Å². The van der Waals surface area contributed by atoms with Crippen molar-refractivity contribution in [3.8, 4) is 5.19 Å². The van der Waals surface area contributed by atoms with Crippen LogP contribution in [0.5, 0.6) is 5.19 Å². The van der Waals surface area contributed by atoms with Gasteiger partial charge in [0.1, 0.15) is 12.4 Å². The first kappa shape index (κ1) is 10.8. The summed E-state index contributed by atoms with van der Waals surface area (Å²) in [6.45, 7) is 5.76. The summed E-state index contributed by atoms with van der Waals surface area (Å²) in [5.41, 5.74) is 0. The molecule has 1 aliphatic rings. The van der Waals surface area contributed by atoms with Crippen molar-refractivity contribution in [1.82, 2.24) is 14.7 Å². The van der Waals surface area contributed by atoms with E-state index in [9.17, 15) is 0 Å². The molecule has 0 amide bonds. The normalized spacial score (nSPS) is 15.9. The van der Waals surface area contributed by atoms with E-state index >= 15 is 0 Å². The highest BCUT2D eigenvalue weighted by molar-refractivity contribution is 7.07. The molecule has 0 radical (unpaired) electrons. The molecule has 4 nitrogen and oxygen atoms in total. The van der Waals surface area contributed by atoms with Crippen molar-refractivity contribution in [3.63, 3.8) is 0 Å². The zero-order valence-corrected chi connectivity index (χ0v) is 10.0. The summed E-state index contributed by atoms with van der Waals surface area (Å²) in [4.78, 5) is 4.35. The number of hydrogen-bond acceptors (Lipinski definition) is 5. The van der Waals surface area contributed by atoms with Gasteiger partial charge in [0.25, 0.3) is 5.19 Å². The van der Waals surface area contributed by atoms with Crippen molar-refractivity contribution < 1.29 is 4.74 Å². The van der Waals surface area contributed by atoms with Crippen LogP contribution in [-0.4, -0.2) is 28.6 Å². The van der Waals surface area contributed by atoms with Crippen LogP contribution >= 0.6 is 11.5 Å². The van der Waals surface area contributed by atoms with Gasteiger partial charge in [0.05, 0.1) is 0 Å². The van der Waals surface area contributed by atoms with E-state index in [0.717, 1.165) is 12.4 Å². The fraction of sp³-hybridized carbons (Fsp3) is 0.800. The van der Waals surface area contributed by atoms with Crippen LogP contribution in [0.3, 0.4) is 0 Å². The molecule has 1 heterocycles. The number of nitrogens with zero attached hydrogens (tertiary/aromatic N) is 2. The second kappa shape index (κ2) is 4.90. The maximum Gasteiger partial charge on any atom is 0.293 e. The van der Waals surface area contributed by atoms with Crippen LogP contribution in [0.25, 0.3) is 0 Å². The third kappa shape index (κ3) is 3.43. The molecule has 0 bridgehead atoms. The number of ether oxygens (including phenoxy) is 1. The summed E-state index contributed by atoms with van der Waals surface area (Å²) in [6.07, 6.45) is 2.48. The van der Waals surface area contributed by atoms with Crippen LogP contribution in [0.2, 0.25) is 0 Å². The lowest BCUT2D eigenvalue weighted by atomic mass is 10.4. The summed E-state index contributed by atoms with van der Waals surface area (Å²) in [5, 5.41) is 4.00. The predicted molar refractivity (Wildman–Crippen MR) is 60.5 cm³/mol. The molecule has 2 rings (SSSR count). The van der Waals surface area contributed by atoms with Gasteiger partial charge in [0.2, 0.25) is 0 Å².